The van der Waals surface area contributed by atoms with Crippen molar-refractivity contribution in [3.8, 4) is 5.75 Å². The minimum absolute atomic E-state index is 0.0721. The number of aldehydes is 1. The van der Waals surface area contributed by atoms with E-state index >= 15 is 0 Å². The van der Waals surface area contributed by atoms with Crippen molar-refractivity contribution >= 4 is 6.29 Å². The predicted octanol–water partition coefficient (Wildman–Crippen LogP) is 1.47. The Balaban J connectivity index is 3.30. The monoisotopic (exact) mass is 194 g/mol. The number of hydrogen-bond donors (Lipinski definition) is 2. The topological polar surface area (TPSA) is 57.5 Å². The molecule has 1 aromatic rings. The quantitative estimate of drug-likeness (QED) is 0.716. The number of aromatic hydroxyl groups is 1. The molecule has 0 heterocycles. The second kappa shape index (κ2) is 3.80. The van der Waals surface area contributed by atoms with E-state index in [0.717, 1.165) is 6.29 Å². The van der Waals surface area contributed by atoms with Crippen LogP contribution in [0.15, 0.2) is 18.2 Å². The van der Waals surface area contributed by atoms with E-state index < -0.39 is 5.41 Å². The van der Waals surface area contributed by atoms with Gasteiger partial charge >= 0.3 is 0 Å². The van der Waals surface area contributed by atoms with E-state index in [1.165, 1.54) is 12.1 Å². The Kier molecular flexibility index (Phi) is 2.91. The lowest BCUT2D eigenvalue weighted by Gasteiger charge is -2.23. The third kappa shape index (κ3) is 1.93. The van der Waals surface area contributed by atoms with Crippen molar-refractivity contribution in [3.05, 3.63) is 29.3 Å². The molecule has 0 unspecified atom stereocenters. The van der Waals surface area contributed by atoms with Gasteiger partial charge in [0.15, 0.2) is 0 Å². The number of phenols is 1. The molecular formula is C11H14O3. The molecule has 3 nitrogen and oxygen atoms in total. The van der Waals surface area contributed by atoms with Crippen LogP contribution in [0.25, 0.3) is 0 Å². The third-order valence-electron chi connectivity index (χ3n) is 2.29. The summed E-state index contributed by atoms with van der Waals surface area (Å²) in [5, 5.41) is 18.5. The molecule has 0 saturated heterocycles. The zero-order valence-electron chi connectivity index (χ0n) is 8.32. The van der Waals surface area contributed by atoms with Crippen LogP contribution in [0.1, 0.15) is 29.8 Å². The lowest BCUT2D eigenvalue weighted by Crippen LogP contribution is -2.23. The summed E-state index contributed by atoms with van der Waals surface area (Å²) in [5.74, 6) is 0.104. The summed E-state index contributed by atoms with van der Waals surface area (Å²) in [6.07, 6.45) is 0.728. The van der Waals surface area contributed by atoms with Crippen molar-refractivity contribution in [2.24, 2.45) is 0 Å². The molecule has 0 aliphatic heterocycles. The molecule has 0 saturated carbocycles. The van der Waals surface area contributed by atoms with Crippen molar-refractivity contribution in [2.45, 2.75) is 19.3 Å². The number of aliphatic hydroxyl groups excluding tert-OH is 1. The lowest BCUT2D eigenvalue weighted by molar-refractivity contribution is 0.112. The molecule has 0 radical (unpaired) electrons. The van der Waals surface area contributed by atoms with E-state index in [1.54, 1.807) is 6.07 Å². The van der Waals surface area contributed by atoms with Crippen LogP contribution in [-0.4, -0.2) is 23.1 Å². The molecule has 1 aromatic carbocycles. The first-order valence-corrected chi connectivity index (χ1v) is 4.41. The molecule has 2 N–H and O–H groups in total. The summed E-state index contributed by atoms with van der Waals surface area (Å²) >= 11 is 0. The Hall–Kier alpha value is -1.35. The Morgan fingerprint density at radius 2 is 2.07 bits per heavy atom. The number of aliphatic hydroxyl groups is 1. The molecule has 0 bridgehead atoms. The maximum absolute atomic E-state index is 10.7. The van der Waals surface area contributed by atoms with Gasteiger partial charge in [0.25, 0.3) is 0 Å². The number of benzene rings is 1. The van der Waals surface area contributed by atoms with Crippen LogP contribution in [0.3, 0.4) is 0 Å². The number of hydrogen-bond acceptors (Lipinski definition) is 3. The van der Waals surface area contributed by atoms with Crippen molar-refractivity contribution in [3.63, 3.8) is 0 Å². The molecule has 0 aliphatic rings. The molecule has 3 heteroatoms. The van der Waals surface area contributed by atoms with Crippen LogP contribution in [0.4, 0.5) is 0 Å². The summed E-state index contributed by atoms with van der Waals surface area (Å²) in [6.45, 7) is 3.56. The largest absolute Gasteiger partial charge is 0.508 e. The van der Waals surface area contributed by atoms with Gasteiger partial charge in [-0.25, -0.2) is 0 Å². The normalized spacial score (nSPS) is 11.4. The van der Waals surface area contributed by atoms with Crippen LogP contribution in [0.5, 0.6) is 5.75 Å². The maximum Gasteiger partial charge on any atom is 0.150 e. The summed E-state index contributed by atoms with van der Waals surface area (Å²) in [4.78, 5) is 10.7. The van der Waals surface area contributed by atoms with Gasteiger partial charge in [0, 0.05) is 11.0 Å². The summed E-state index contributed by atoms with van der Waals surface area (Å²) < 4.78 is 0. The third-order valence-corrected chi connectivity index (χ3v) is 2.29. The Morgan fingerprint density at radius 3 is 2.57 bits per heavy atom. The van der Waals surface area contributed by atoms with Crippen LogP contribution in [0, 0.1) is 0 Å². The molecular weight excluding hydrogens is 180 g/mol. The van der Waals surface area contributed by atoms with Crippen molar-refractivity contribution < 1.29 is 15.0 Å². The average Bonchev–Trinajstić information content (AvgIpc) is 2.18. The Bertz CT molecular complexity index is 342. The highest BCUT2D eigenvalue weighted by molar-refractivity contribution is 5.78. The van der Waals surface area contributed by atoms with Gasteiger partial charge in [0.1, 0.15) is 12.0 Å². The van der Waals surface area contributed by atoms with Crippen LogP contribution >= 0.6 is 0 Å². The first-order chi connectivity index (χ1) is 6.51. The molecule has 0 amide bonds. The second-order valence-electron chi connectivity index (χ2n) is 3.93. The van der Waals surface area contributed by atoms with Gasteiger partial charge < -0.3 is 10.2 Å². The number of rotatable bonds is 3. The molecule has 0 fully saturated rings. The highest BCUT2D eigenvalue weighted by atomic mass is 16.3. The average molecular weight is 194 g/mol. The van der Waals surface area contributed by atoms with Crippen LogP contribution in [0.2, 0.25) is 0 Å². The first-order valence-electron chi connectivity index (χ1n) is 4.41. The van der Waals surface area contributed by atoms with Gasteiger partial charge in [-0.15, -0.1) is 0 Å². The minimum atomic E-state index is -0.519. The molecule has 0 atom stereocenters. The minimum Gasteiger partial charge on any atom is -0.508 e. The van der Waals surface area contributed by atoms with Crippen molar-refractivity contribution in [1.29, 1.82) is 0 Å². The highest BCUT2D eigenvalue weighted by Crippen LogP contribution is 2.28. The van der Waals surface area contributed by atoms with Gasteiger partial charge in [0.05, 0.1) is 6.61 Å². The summed E-state index contributed by atoms with van der Waals surface area (Å²) in [6, 6.07) is 4.52. The number of phenolic OH excluding ortho intramolecular Hbond substituents is 1. The first kappa shape index (κ1) is 10.7. The molecule has 76 valence electrons. The van der Waals surface area contributed by atoms with Crippen molar-refractivity contribution in [1.82, 2.24) is 0 Å². The van der Waals surface area contributed by atoms with Crippen LogP contribution < -0.4 is 0 Å². The zero-order chi connectivity index (χ0) is 10.8. The molecule has 0 aromatic heterocycles. The van der Waals surface area contributed by atoms with Gasteiger partial charge in [-0.05, 0) is 23.8 Å². The van der Waals surface area contributed by atoms with E-state index in [0.29, 0.717) is 11.1 Å². The standard InChI is InChI=1S/C11H14O3/c1-11(2,7-13)10-5-9(14)4-3-8(10)6-12/h3-6,13-14H,7H2,1-2H3. The summed E-state index contributed by atoms with van der Waals surface area (Å²) in [7, 11) is 0. The van der Waals surface area contributed by atoms with Gasteiger partial charge in [0.2, 0.25) is 0 Å². The number of carbonyl (C=O) groups excluding carboxylic acids is 1. The molecule has 0 spiro atoms. The highest BCUT2D eigenvalue weighted by Gasteiger charge is 2.22. The van der Waals surface area contributed by atoms with E-state index in [9.17, 15) is 9.90 Å². The van der Waals surface area contributed by atoms with Gasteiger partial charge in [-0.1, -0.05) is 13.8 Å². The maximum atomic E-state index is 10.7. The Labute approximate surface area is 83.0 Å². The van der Waals surface area contributed by atoms with E-state index in [4.69, 9.17) is 5.11 Å². The van der Waals surface area contributed by atoms with E-state index in [1.807, 2.05) is 13.8 Å². The van der Waals surface area contributed by atoms with E-state index in [-0.39, 0.29) is 12.4 Å². The molecule has 1 rings (SSSR count). The van der Waals surface area contributed by atoms with Crippen LogP contribution in [-0.2, 0) is 5.41 Å². The summed E-state index contributed by atoms with van der Waals surface area (Å²) in [5.41, 5.74) is 0.645. The zero-order valence-corrected chi connectivity index (χ0v) is 8.32. The second-order valence-corrected chi connectivity index (χ2v) is 3.93. The number of carbonyl (C=O) groups is 1. The fourth-order valence-electron chi connectivity index (χ4n) is 1.32. The SMILES string of the molecule is CC(C)(CO)c1cc(O)ccc1C=O. The van der Waals surface area contributed by atoms with Gasteiger partial charge in [-0.3, -0.25) is 4.79 Å². The van der Waals surface area contributed by atoms with Gasteiger partial charge in [-0.2, -0.15) is 0 Å². The fraction of sp³-hybridized carbons (Fsp3) is 0.364. The predicted molar refractivity (Wildman–Crippen MR) is 53.6 cm³/mol. The smallest absolute Gasteiger partial charge is 0.150 e. The van der Waals surface area contributed by atoms with Crippen molar-refractivity contribution in [2.75, 3.05) is 6.61 Å². The Morgan fingerprint density at radius 1 is 1.43 bits per heavy atom. The molecule has 0 aliphatic carbocycles. The van der Waals surface area contributed by atoms with E-state index in [2.05, 4.69) is 0 Å². The molecule has 14 heavy (non-hydrogen) atoms. The lowest BCUT2D eigenvalue weighted by atomic mass is 9.83. The fourth-order valence-corrected chi connectivity index (χ4v) is 1.32.